The van der Waals surface area contributed by atoms with Gasteiger partial charge in [-0.25, -0.2) is 0 Å². The molecule has 5 nitrogen and oxygen atoms in total. The molecule has 0 radical (unpaired) electrons. The molecule has 25 heavy (non-hydrogen) atoms. The Morgan fingerprint density at radius 1 is 1.08 bits per heavy atom. The van der Waals surface area contributed by atoms with Crippen LogP contribution in [-0.2, 0) is 20.8 Å². The van der Waals surface area contributed by atoms with E-state index >= 15 is 0 Å². The van der Waals surface area contributed by atoms with Crippen molar-refractivity contribution < 1.29 is 14.4 Å². The Kier molecular flexibility index (Phi) is 4.43. The van der Waals surface area contributed by atoms with E-state index in [1.165, 1.54) is 15.3 Å². The van der Waals surface area contributed by atoms with Gasteiger partial charge in [-0.1, -0.05) is 6.07 Å². The first-order chi connectivity index (χ1) is 12.1. The maximum atomic E-state index is 12.9. The van der Waals surface area contributed by atoms with Crippen molar-refractivity contribution in [1.29, 1.82) is 0 Å². The Morgan fingerprint density at radius 2 is 1.88 bits per heavy atom. The minimum atomic E-state index is -0.161. The van der Waals surface area contributed by atoms with Gasteiger partial charge < -0.3 is 4.90 Å². The van der Waals surface area contributed by atoms with Gasteiger partial charge in [0, 0.05) is 42.1 Å². The van der Waals surface area contributed by atoms with E-state index in [2.05, 4.69) is 17.5 Å². The van der Waals surface area contributed by atoms with Crippen LogP contribution in [-0.4, -0.2) is 40.6 Å². The van der Waals surface area contributed by atoms with Crippen LogP contribution in [0.2, 0.25) is 0 Å². The molecule has 0 saturated carbocycles. The fourth-order valence-corrected chi connectivity index (χ4v) is 5.32. The lowest BCUT2D eigenvalue weighted by Gasteiger charge is -2.35. The van der Waals surface area contributed by atoms with Crippen LogP contribution >= 0.6 is 22.7 Å². The van der Waals surface area contributed by atoms with Crippen LogP contribution in [0.3, 0.4) is 0 Å². The van der Waals surface area contributed by atoms with Gasteiger partial charge in [-0.05, 0) is 34.9 Å². The summed E-state index contributed by atoms with van der Waals surface area (Å²) < 4.78 is 0. The summed E-state index contributed by atoms with van der Waals surface area (Å²) in [5.41, 5.74) is 1.21. The van der Waals surface area contributed by atoms with E-state index in [9.17, 15) is 14.4 Å². The first-order valence-electron chi connectivity index (χ1n) is 8.37. The molecule has 0 aliphatic carbocycles. The topological polar surface area (TPSA) is 57.7 Å². The molecular weight excluding hydrogens is 356 g/mol. The first-order valence-corrected chi connectivity index (χ1v) is 10.1. The summed E-state index contributed by atoms with van der Waals surface area (Å²) in [6.45, 7) is 0.872. The smallest absolute Gasteiger partial charge is 0.229 e. The van der Waals surface area contributed by atoms with Crippen LogP contribution in [0.1, 0.15) is 40.6 Å². The summed E-state index contributed by atoms with van der Waals surface area (Å²) in [7, 11) is 0. The number of amides is 3. The summed E-state index contributed by atoms with van der Waals surface area (Å²) in [6.07, 6.45) is 1.60. The number of imide groups is 1. The Balaban J connectivity index is 1.53. The zero-order valence-electron chi connectivity index (χ0n) is 13.6. The van der Waals surface area contributed by atoms with E-state index in [1.807, 2.05) is 16.3 Å². The number of likely N-dealkylation sites (tertiary alicyclic amines) is 1. The number of rotatable bonds is 4. The van der Waals surface area contributed by atoms with Crippen LogP contribution in [0.15, 0.2) is 29.0 Å². The predicted molar refractivity (Wildman–Crippen MR) is 96.5 cm³/mol. The number of hydrogen-bond acceptors (Lipinski definition) is 5. The highest BCUT2D eigenvalue weighted by Gasteiger charge is 2.34. The molecule has 2 aromatic heterocycles. The van der Waals surface area contributed by atoms with Crippen molar-refractivity contribution in [3.05, 3.63) is 44.3 Å². The maximum absolute atomic E-state index is 12.9. The van der Waals surface area contributed by atoms with Crippen molar-refractivity contribution in [3.63, 3.8) is 0 Å². The zero-order chi connectivity index (χ0) is 17.4. The second kappa shape index (κ2) is 6.72. The second-order valence-electron chi connectivity index (χ2n) is 6.24. The Bertz CT molecular complexity index is 796. The molecule has 1 atom stereocenters. The van der Waals surface area contributed by atoms with Crippen LogP contribution in [0.4, 0.5) is 0 Å². The van der Waals surface area contributed by atoms with Gasteiger partial charge >= 0.3 is 0 Å². The molecule has 4 heterocycles. The average Bonchev–Trinajstić information content (AvgIpc) is 3.34. The van der Waals surface area contributed by atoms with Gasteiger partial charge in [0.1, 0.15) is 0 Å². The number of nitrogens with zero attached hydrogens (tertiary/aromatic N) is 2. The lowest BCUT2D eigenvalue weighted by Crippen LogP contribution is -2.41. The van der Waals surface area contributed by atoms with Crippen LogP contribution < -0.4 is 0 Å². The Labute approximate surface area is 153 Å². The molecule has 1 fully saturated rings. The van der Waals surface area contributed by atoms with Crippen molar-refractivity contribution >= 4 is 40.4 Å². The van der Waals surface area contributed by atoms with Crippen molar-refractivity contribution in [3.8, 4) is 0 Å². The van der Waals surface area contributed by atoms with Gasteiger partial charge in [0.2, 0.25) is 17.7 Å². The zero-order valence-corrected chi connectivity index (χ0v) is 15.3. The minimum Gasteiger partial charge on any atom is -0.330 e. The molecule has 0 aromatic carbocycles. The normalized spacial score (nSPS) is 20.2. The number of hydrogen-bond donors (Lipinski definition) is 0. The molecule has 0 N–H and O–H groups in total. The molecule has 2 aliphatic heterocycles. The molecule has 7 heteroatoms. The molecule has 1 saturated heterocycles. The largest absolute Gasteiger partial charge is 0.330 e. The third kappa shape index (κ3) is 3.02. The second-order valence-corrected chi connectivity index (χ2v) is 8.22. The van der Waals surface area contributed by atoms with E-state index < -0.39 is 0 Å². The van der Waals surface area contributed by atoms with E-state index in [0.29, 0.717) is 6.54 Å². The van der Waals surface area contributed by atoms with Crippen molar-refractivity contribution in [2.24, 2.45) is 0 Å². The van der Waals surface area contributed by atoms with E-state index in [0.717, 1.165) is 11.3 Å². The van der Waals surface area contributed by atoms with Gasteiger partial charge in [-0.15, -0.1) is 22.7 Å². The molecular formula is C18H18N2O3S2. The fraction of sp³-hybridized carbons (Fsp3) is 0.389. The summed E-state index contributed by atoms with van der Waals surface area (Å²) in [6, 6.07) is 6.13. The summed E-state index contributed by atoms with van der Waals surface area (Å²) >= 11 is 3.40. The van der Waals surface area contributed by atoms with Gasteiger partial charge in [0.15, 0.2) is 0 Å². The fourth-order valence-electron chi connectivity index (χ4n) is 3.56. The highest BCUT2D eigenvalue weighted by molar-refractivity contribution is 7.10. The summed E-state index contributed by atoms with van der Waals surface area (Å²) in [5.74, 6) is -0.319. The Morgan fingerprint density at radius 3 is 2.60 bits per heavy atom. The highest BCUT2D eigenvalue weighted by atomic mass is 32.1. The third-order valence-electron chi connectivity index (χ3n) is 4.80. The predicted octanol–water partition coefficient (Wildman–Crippen LogP) is 2.82. The van der Waals surface area contributed by atoms with Crippen molar-refractivity contribution in [1.82, 2.24) is 9.80 Å². The number of thiophene rings is 2. The van der Waals surface area contributed by atoms with Gasteiger partial charge in [0.05, 0.1) is 6.04 Å². The molecule has 2 aromatic rings. The van der Waals surface area contributed by atoms with Crippen LogP contribution in [0.5, 0.6) is 0 Å². The van der Waals surface area contributed by atoms with Crippen molar-refractivity contribution in [2.45, 2.75) is 31.7 Å². The number of fused-ring (bicyclic) bond motifs is 1. The Hall–Kier alpha value is -1.99. The van der Waals surface area contributed by atoms with Gasteiger partial charge in [-0.2, -0.15) is 0 Å². The monoisotopic (exact) mass is 374 g/mol. The van der Waals surface area contributed by atoms with E-state index in [-0.39, 0.29) is 49.6 Å². The van der Waals surface area contributed by atoms with Crippen LogP contribution in [0, 0.1) is 0 Å². The summed E-state index contributed by atoms with van der Waals surface area (Å²) in [4.78, 5) is 42.0. The quantitative estimate of drug-likeness (QED) is 0.773. The lowest BCUT2D eigenvalue weighted by molar-refractivity contribution is -0.139. The molecule has 2 aliphatic rings. The van der Waals surface area contributed by atoms with Crippen molar-refractivity contribution in [2.75, 3.05) is 13.1 Å². The minimum absolute atomic E-state index is 0.00255. The number of carbonyl (C=O) groups is 3. The van der Waals surface area contributed by atoms with Gasteiger partial charge in [-0.3, -0.25) is 19.3 Å². The molecule has 130 valence electrons. The molecule has 0 spiro atoms. The van der Waals surface area contributed by atoms with Gasteiger partial charge in [0.25, 0.3) is 0 Å². The van der Waals surface area contributed by atoms with E-state index in [1.54, 1.807) is 22.7 Å². The first kappa shape index (κ1) is 16.5. The molecule has 3 amide bonds. The molecule has 0 unspecified atom stereocenters. The average molecular weight is 374 g/mol. The standard InChI is InChI=1S/C18H18N2O3S2/c21-15-3-4-16(22)19(15)9-6-17(23)20-8-5-13-12(7-11-25-13)18(20)14-2-1-10-24-14/h1-2,7,10-11,18H,3-6,8-9H2/t18-/m0/s1. The highest BCUT2D eigenvalue weighted by Crippen LogP contribution is 2.39. The molecule has 4 rings (SSSR count). The van der Waals surface area contributed by atoms with E-state index in [4.69, 9.17) is 0 Å². The molecule has 0 bridgehead atoms. The van der Waals surface area contributed by atoms with Crippen LogP contribution in [0.25, 0.3) is 0 Å². The summed E-state index contributed by atoms with van der Waals surface area (Å²) in [5, 5.41) is 4.11. The maximum Gasteiger partial charge on any atom is 0.229 e. The SMILES string of the molecule is O=C1CCC(=O)N1CCC(=O)N1CCc2sccc2[C@H]1c1cccs1. The lowest BCUT2D eigenvalue weighted by atomic mass is 9.98. The number of carbonyl (C=O) groups excluding carboxylic acids is 3. The third-order valence-corrected chi connectivity index (χ3v) is 6.72.